The molecule has 0 bridgehead atoms. The van der Waals surface area contributed by atoms with Gasteiger partial charge in [-0.25, -0.2) is 14.5 Å². The van der Waals surface area contributed by atoms with Gasteiger partial charge in [-0.3, -0.25) is 4.79 Å². The highest BCUT2D eigenvalue weighted by molar-refractivity contribution is 5.90. The third-order valence-electron chi connectivity index (χ3n) is 4.32. The number of hydrogen-bond acceptors (Lipinski definition) is 5. The summed E-state index contributed by atoms with van der Waals surface area (Å²) in [4.78, 5) is 25.1. The van der Waals surface area contributed by atoms with Gasteiger partial charge in [-0.05, 0) is 38.5 Å². The van der Waals surface area contributed by atoms with Crippen molar-refractivity contribution in [1.29, 1.82) is 0 Å². The number of rotatable bonds is 5. The lowest BCUT2D eigenvalue weighted by Crippen LogP contribution is -2.26. The largest absolute Gasteiger partial charge is 0.349 e. The molecule has 0 saturated heterocycles. The molecule has 8 heteroatoms. The van der Waals surface area contributed by atoms with E-state index in [1.165, 1.54) is 0 Å². The van der Waals surface area contributed by atoms with E-state index in [0.717, 1.165) is 35.5 Å². The first-order chi connectivity index (χ1) is 12.6. The number of para-hydroxylation sites is 2. The van der Waals surface area contributed by atoms with Crippen molar-refractivity contribution in [2.45, 2.75) is 26.8 Å². The molecule has 8 nitrogen and oxygen atoms in total. The number of nitrogens with one attached hydrogen (secondary N) is 1. The second-order valence-electron chi connectivity index (χ2n) is 6.14. The molecule has 4 aromatic rings. The smallest absolute Gasteiger partial charge is 0.291 e. The predicted molar refractivity (Wildman–Crippen MR) is 96.9 cm³/mol. The number of carbonyl (C=O) groups is 1. The number of fused-ring (bicyclic) bond motifs is 2. The molecule has 1 amide bonds. The van der Waals surface area contributed by atoms with Crippen LogP contribution in [-0.4, -0.2) is 41.6 Å². The fraction of sp³-hybridized carbons (Fsp3) is 0.278. The van der Waals surface area contributed by atoms with Crippen LogP contribution in [0.25, 0.3) is 16.8 Å². The number of aromatic nitrogens is 6. The summed E-state index contributed by atoms with van der Waals surface area (Å²) in [7, 11) is 0. The SMILES string of the molecule is Cc1nc2ccccc2n1CCCNC(=O)c1nc2nccc(C)n2n1. The molecule has 1 N–H and O–H groups in total. The number of imidazole rings is 1. The van der Waals surface area contributed by atoms with Crippen molar-refractivity contribution in [3.8, 4) is 0 Å². The lowest BCUT2D eigenvalue weighted by atomic mass is 10.3. The van der Waals surface area contributed by atoms with Crippen LogP contribution in [0.5, 0.6) is 0 Å². The van der Waals surface area contributed by atoms with Crippen LogP contribution < -0.4 is 5.32 Å². The Labute approximate surface area is 149 Å². The van der Waals surface area contributed by atoms with Gasteiger partial charge in [0.2, 0.25) is 5.82 Å². The Hall–Kier alpha value is -3.29. The zero-order valence-electron chi connectivity index (χ0n) is 14.7. The molecule has 0 radical (unpaired) electrons. The first kappa shape index (κ1) is 16.2. The van der Waals surface area contributed by atoms with Gasteiger partial charge >= 0.3 is 0 Å². The van der Waals surface area contributed by atoms with Gasteiger partial charge in [0.15, 0.2) is 0 Å². The lowest BCUT2D eigenvalue weighted by Gasteiger charge is -2.07. The molecule has 0 fully saturated rings. The van der Waals surface area contributed by atoms with Gasteiger partial charge < -0.3 is 9.88 Å². The van der Waals surface area contributed by atoms with Crippen molar-refractivity contribution in [3.63, 3.8) is 0 Å². The van der Waals surface area contributed by atoms with E-state index in [-0.39, 0.29) is 11.7 Å². The van der Waals surface area contributed by atoms with E-state index in [1.54, 1.807) is 10.7 Å². The first-order valence-electron chi connectivity index (χ1n) is 8.52. The number of nitrogens with zero attached hydrogens (tertiary/aromatic N) is 6. The van der Waals surface area contributed by atoms with E-state index in [4.69, 9.17) is 0 Å². The summed E-state index contributed by atoms with van der Waals surface area (Å²) >= 11 is 0. The van der Waals surface area contributed by atoms with Crippen LogP contribution >= 0.6 is 0 Å². The summed E-state index contributed by atoms with van der Waals surface area (Å²) in [6.07, 6.45) is 2.44. The fourth-order valence-corrected chi connectivity index (χ4v) is 3.00. The molecule has 26 heavy (non-hydrogen) atoms. The van der Waals surface area contributed by atoms with Gasteiger partial charge in [-0.2, -0.15) is 4.98 Å². The Morgan fingerprint density at radius 1 is 1.15 bits per heavy atom. The van der Waals surface area contributed by atoms with Crippen LogP contribution in [0.4, 0.5) is 0 Å². The van der Waals surface area contributed by atoms with Gasteiger partial charge in [0.1, 0.15) is 5.82 Å². The molecule has 0 saturated carbocycles. The molecular weight excluding hydrogens is 330 g/mol. The topological polar surface area (TPSA) is 90.0 Å². The average Bonchev–Trinajstić information content (AvgIpc) is 3.20. The van der Waals surface area contributed by atoms with Crippen LogP contribution in [0.15, 0.2) is 36.5 Å². The molecule has 3 heterocycles. The first-order valence-corrected chi connectivity index (χ1v) is 8.52. The molecule has 0 aliphatic carbocycles. The maximum atomic E-state index is 12.3. The molecular formula is C18H19N7O. The number of aryl methyl sites for hydroxylation is 3. The second kappa shape index (κ2) is 6.55. The minimum absolute atomic E-state index is 0.135. The summed E-state index contributed by atoms with van der Waals surface area (Å²) in [6, 6.07) is 9.88. The zero-order valence-corrected chi connectivity index (χ0v) is 14.7. The van der Waals surface area contributed by atoms with E-state index in [9.17, 15) is 4.79 Å². The summed E-state index contributed by atoms with van der Waals surface area (Å²) < 4.78 is 3.73. The number of carbonyl (C=O) groups excluding carboxylic acids is 1. The van der Waals surface area contributed by atoms with Gasteiger partial charge in [0.25, 0.3) is 11.7 Å². The Morgan fingerprint density at radius 3 is 2.85 bits per heavy atom. The molecule has 3 aromatic heterocycles. The minimum atomic E-state index is -0.290. The molecule has 132 valence electrons. The van der Waals surface area contributed by atoms with E-state index in [2.05, 4.69) is 36.0 Å². The Balaban J connectivity index is 1.38. The quantitative estimate of drug-likeness (QED) is 0.556. The van der Waals surface area contributed by atoms with Gasteiger partial charge in [-0.1, -0.05) is 12.1 Å². The third-order valence-corrected chi connectivity index (χ3v) is 4.32. The van der Waals surface area contributed by atoms with Crippen molar-refractivity contribution < 1.29 is 4.79 Å². The van der Waals surface area contributed by atoms with Crippen molar-refractivity contribution >= 4 is 22.7 Å². The van der Waals surface area contributed by atoms with Gasteiger partial charge in [-0.15, -0.1) is 5.10 Å². The highest BCUT2D eigenvalue weighted by atomic mass is 16.2. The standard InChI is InChI=1S/C18H19N7O/c1-12-8-10-20-18-22-16(23-25(12)18)17(26)19-9-5-11-24-13(2)21-14-6-3-4-7-15(14)24/h3-4,6-8,10H,5,9,11H2,1-2H3,(H,19,26). The van der Waals surface area contributed by atoms with Crippen LogP contribution in [0.2, 0.25) is 0 Å². The van der Waals surface area contributed by atoms with Gasteiger partial charge in [0.05, 0.1) is 11.0 Å². The maximum absolute atomic E-state index is 12.3. The number of benzene rings is 1. The molecule has 1 aromatic carbocycles. The van der Waals surface area contributed by atoms with E-state index < -0.39 is 0 Å². The predicted octanol–water partition coefficient (Wildman–Crippen LogP) is 1.91. The van der Waals surface area contributed by atoms with Crippen molar-refractivity contribution in [2.75, 3.05) is 6.54 Å². The maximum Gasteiger partial charge on any atom is 0.291 e. The summed E-state index contributed by atoms with van der Waals surface area (Å²) in [5, 5.41) is 7.08. The van der Waals surface area contributed by atoms with Crippen molar-refractivity contribution in [2.24, 2.45) is 0 Å². The lowest BCUT2D eigenvalue weighted by molar-refractivity contribution is 0.0942. The number of amides is 1. The monoisotopic (exact) mass is 349 g/mol. The third kappa shape index (κ3) is 2.90. The van der Waals surface area contributed by atoms with Crippen molar-refractivity contribution in [1.82, 2.24) is 34.4 Å². The Bertz CT molecular complexity index is 1100. The summed E-state index contributed by atoms with van der Waals surface area (Å²) in [5.74, 6) is 1.25. The highest BCUT2D eigenvalue weighted by Gasteiger charge is 2.14. The van der Waals surface area contributed by atoms with Crippen LogP contribution in [0.1, 0.15) is 28.6 Å². The molecule has 0 unspecified atom stereocenters. The van der Waals surface area contributed by atoms with Gasteiger partial charge in [0, 0.05) is 25.0 Å². The van der Waals surface area contributed by atoms with Crippen LogP contribution in [0, 0.1) is 13.8 Å². The minimum Gasteiger partial charge on any atom is -0.349 e. The van der Waals surface area contributed by atoms with E-state index in [1.807, 2.05) is 38.1 Å². The summed E-state index contributed by atoms with van der Waals surface area (Å²) in [6.45, 7) is 5.20. The molecule has 0 atom stereocenters. The Morgan fingerprint density at radius 2 is 2.00 bits per heavy atom. The molecule has 4 rings (SSSR count). The van der Waals surface area contributed by atoms with Crippen molar-refractivity contribution in [3.05, 3.63) is 53.9 Å². The Kier molecular flexibility index (Phi) is 4.08. The van der Waals surface area contributed by atoms with Crippen LogP contribution in [0.3, 0.4) is 0 Å². The normalized spacial score (nSPS) is 11.3. The number of hydrogen-bond donors (Lipinski definition) is 1. The molecule has 0 spiro atoms. The summed E-state index contributed by atoms with van der Waals surface area (Å²) in [5.41, 5.74) is 2.98. The molecule has 0 aliphatic rings. The molecule has 0 aliphatic heterocycles. The zero-order chi connectivity index (χ0) is 18.1. The second-order valence-corrected chi connectivity index (χ2v) is 6.14. The fourth-order valence-electron chi connectivity index (χ4n) is 3.00. The van der Waals surface area contributed by atoms with Crippen LogP contribution in [-0.2, 0) is 6.54 Å². The van der Waals surface area contributed by atoms with E-state index >= 15 is 0 Å². The highest BCUT2D eigenvalue weighted by Crippen LogP contribution is 2.15. The average molecular weight is 349 g/mol. The van der Waals surface area contributed by atoms with E-state index in [0.29, 0.717) is 12.3 Å².